The molecular weight excluding hydrogens is 392 g/mol. The molecule has 1 saturated heterocycles. The van der Waals surface area contributed by atoms with E-state index in [1.54, 1.807) is 19.3 Å². The molecule has 3 aromatic rings. The van der Waals surface area contributed by atoms with Crippen LogP contribution in [0.15, 0.2) is 35.3 Å². The molecule has 0 radical (unpaired) electrons. The molecule has 0 saturated carbocycles. The maximum Gasteiger partial charge on any atom is 0.270 e. The quantitative estimate of drug-likeness (QED) is 0.655. The molecule has 0 spiro atoms. The first-order chi connectivity index (χ1) is 15.0. The number of H-pyrrole nitrogens is 1. The van der Waals surface area contributed by atoms with E-state index in [-0.39, 0.29) is 11.5 Å². The molecule has 3 heterocycles. The Balaban J connectivity index is 1.42. The molecule has 0 bridgehead atoms. The van der Waals surface area contributed by atoms with Crippen LogP contribution in [0, 0.1) is 6.92 Å². The number of hydrogen-bond acceptors (Lipinski definition) is 6. The van der Waals surface area contributed by atoms with Gasteiger partial charge in [-0.15, -0.1) is 0 Å². The Morgan fingerprint density at radius 1 is 1.19 bits per heavy atom. The second-order valence-electron chi connectivity index (χ2n) is 7.92. The van der Waals surface area contributed by atoms with Crippen LogP contribution in [0.4, 0.5) is 5.69 Å². The van der Waals surface area contributed by atoms with Gasteiger partial charge in [0.05, 0.1) is 22.9 Å². The van der Waals surface area contributed by atoms with Gasteiger partial charge in [-0.2, -0.15) is 0 Å². The lowest BCUT2D eigenvalue weighted by Gasteiger charge is -2.36. The van der Waals surface area contributed by atoms with Crippen molar-refractivity contribution >= 4 is 22.6 Å². The van der Waals surface area contributed by atoms with Gasteiger partial charge in [-0.25, -0.2) is 9.97 Å². The number of aryl methyl sites for hydroxylation is 2. The number of carbonyl (C=O) groups is 1. The van der Waals surface area contributed by atoms with Crippen molar-refractivity contribution in [3.8, 4) is 0 Å². The second-order valence-corrected chi connectivity index (χ2v) is 7.92. The van der Waals surface area contributed by atoms with Crippen molar-refractivity contribution in [3.05, 3.63) is 63.3 Å². The molecule has 1 aliphatic heterocycles. The van der Waals surface area contributed by atoms with E-state index in [0.29, 0.717) is 17.8 Å². The normalized spacial score (nSPS) is 14.7. The highest BCUT2D eigenvalue weighted by Gasteiger charge is 2.19. The molecule has 4 rings (SSSR count). The van der Waals surface area contributed by atoms with Gasteiger partial charge in [0.25, 0.3) is 11.5 Å². The first kappa shape index (κ1) is 21.0. The Labute approximate surface area is 181 Å². The summed E-state index contributed by atoms with van der Waals surface area (Å²) in [7, 11) is 1.60. The molecule has 8 nitrogen and oxygen atoms in total. The van der Waals surface area contributed by atoms with Crippen LogP contribution >= 0.6 is 0 Å². The van der Waals surface area contributed by atoms with Crippen molar-refractivity contribution in [1.29, 1.82) is 0 Å². The summed E-state index contributed by atoms with van der Waals surface area (Å²) in [6.45, 7) is 8.46. The maximum atomic E-state index is 12.2. The van der Waals surface area contributed by atoms with Crippen LogP contribution in [-0.4, -0.2) is 59.0 Å². The Bertz CT molecular complexity index is 1150. The number of benzene rings is 1. The van der Waals surface area contributed by atoms with Crippen LogP contribution in [0.25, 0.3) is 11.0 Å². The van der Waals surface area contributed by atoms with E-state index in [4.69, 9.17) is 0 Å². The van der Waals surface area contributed by atoms with Gasteiger partial charge in [-0.3, -0.25) is 14.5 Å². The first-order valence-electron chi connectivity index (χ1n) is 10.7. The number of nitrogens with zero attached hydrogens (tertiary/aromatic N) is 4. The second kappa shape index (κ2) is 8.85. The molecule has 0 unspecified atom stereocenters. The van der Waals surface area contributed by atoms with E-state index in [1.807, 2.05) is 26.0 Å². The summed E-state index contributed by atoms with van der Waals surface area (Å²) in [5.74, 6) is -0.176. The molecule has 2 N–H and O–H groups in total. The number of pyridine rings is 1. The van der Waals surface area contributed by atoms with E-state index in [9.17, 15) is 9.59 Å². The molecule has 1 aliphatic rings. The van der Waals surface area contributed by atoms with E-state index in [2.05, 4.69) is 36.1 Å². The van der Waals surface area contributed by atoms with E-state index < -0.39 is 0 Å². The molecule has 8 heteroatoms. The molecule has 31 heavy (non-hydrogen) atoms. The zero-order valence-electron chi connectivity index (χ0n) is 18.2. The summed E-state index contributed by atoms with van der Waals surface area (Å²) in [6.07, 6.45) is 2.39. The minimum Gasteiger partial charge on any atom is -0.368 e. The van der Waals surface area contributed by atoms with Gasteiger partial charge < -0.3 is 15.2 Å². The van der Waals surface area contributed by atoms with Gasteiger partial charge in [0.2, 0.25) is 0 Å². The molecule has 0 atom stereocenters. The number of piperazine rings is 1. The minimum atomic E-state index is -0.176. The van der Waals surface area contributed by atoms with Crippen LogP contribution in [-0.2, 0) is 13.0 Å². The highest BCUT2D eigenvalue weighted by molar-refractivity contribution is 5.92. The number of anilines is 1. The zero-order valence-corrected chi connectivity index (χ0v) is 18.2. The van der Waals surface area contributed by atoms with Crippen LogP contribution in [0.3, 0.4) is 0 Å². The monoisotopic (exact) mass is 420 g/mol. The Kier molecular flexibility index (Phi) is 5.99. The predicted molar refractivity (Wildman–Crippen MR) is 122 cm³/mol. The third-order valence-corrected chi connectivity index (χ3v) is 5.80. The molecular formula is C23H28N6O2. The van der Waals surface area contributed by atoms with Crippen molar-refractivity contribution in [2.75, 3.05) is 38.1 Å². The largest absolute Gasteiger partial charge is 0.368 e. The zero-order chi connectivity index (χ0) is 22.0. The van der Waals surface area contributed by atoms with Crippen molar-refractivity contribution in [2.45, 2.75) is 26.8 Å². The fourth-order valence-electron chi connectivity index (χ4n) is 4.07. The lowest BCUT2D eigenvalue weighted by molar-refractivity contribution is 0.0958. The van der Waals surface area contributed by atoms with Crippen molar-refractivity contribution in [3.63, 3.8) is 0 Å². The van der Waals surface area contributed by atoms with Gasteiger partial charge in [-0.05, 0) is 42.7 Å². The first-order valence-corrected chi connectivity index (χ1v) is 10.7. The number of carbonyl (C=O) groups excluding carboxylic acids is 1. The standard InChI is InChI=1S/C23H28N6O2/c1-4-18-23(31)27-20-12-16(11-15(2)21(20)26-18)14-28-7-9-29(10-8-28)17-5-6-19(25-13-17)22(30)24-3/h5-6,11-13H,4,7-10,14H2,1-3H3,(H,24,30)(H,27,31). The number of hydrogen-bond donors (Lipinski definition) is 2. The van der Waals surface area contributed by atoms with Crippen molar-refractivity contribution in [2.24, 2.45) is 0 Å². The number of rotatable bonds is 5. The molecule has 0 aliphatic carbocycles. The van der Waals surface area contributed by atoms with Gasteiger partial charge in [0.1, 0.15) is 11.4 Å². The SMILES string of the molecule is CCc1nc2c(C)cc(CN3CCN(c4ccc(C(=O)NC)nc4)CC3)cc2[nH]c1=O. The molecule has 1 aromatic carbocycles. The van der Waals surface area contributed by atoms with Crippen LogP contribution in [0.1, 0.15) is 34.2 Å². The summed E-state index contributed by atoms with van der Waals surface area (Å²) in [5.41, 5.74) is 5.87. The number of aromatic amines is 1. The third-order valence-electron chi connectivity index (χ3n) is 5.80. The molecule has 1 fully saturated rings. The summed E-state index contributed by atoms with van der Waals surface area (Å²) in [6, 6.07) is 7.93. The molecule has 162 valence electrons. The van der Waals surface area contributed by atoms with E-state index in [1.165, 1.54) is 5.56 Å². The number of fused-ring (bicyclic) bond motifs is 1. The lowest BCUT2D eigenvalue weighted by atomic mass is 10.1. The van der Waals surface area contributed by atoms with Gasteiger partial charge >= 0.3 is 0 Å². The van der Waals surface area contributed by atoms with Gasteiger partial charge in [-0.1, -0.05) is 13.0 Å². The number of amides is 1. The fourth-order valence-corrected chi connectivity index (χ4v) is 4.07. The summed E-state index contributed by atoms with van der Waals surface area (Å²) in [5, 5.41) is 2.59. The smallest absolute Gasteiger partial charge is 0.270 e. The Morgan fingerprint density at radius 2 is 1.97 bits per heavy atom. The van der Waals surface area contributed by atoms with Crippen LogP contribution in [0.5, 0.6) is 0 Å². The summed E-state index contributed by atoms with van der Waals surface area (Å²) < 4.78 is 0. The maximum absolute atomic E-state index is 12.2. The lowest BCUT2D eigenvalue weighted by Crippen LogP contribution is -2.46. The van der Waals surface area contributed by atoms with Gasteiger partial charge in [0.15, 0.2) is 0 Å². The average Bonchev–Trinajstić information content (AvgIpc) is 2.79. The van der Waals surface area contributed by atoms with E-state index >= 15 is 0 Å². The van der Waals surface area contributed by atoms with Crippen LogP contribution in [0.2, 0.25) is 0 Å². The third kappa shape index (κ3) is 4.44. The predicted octanol–water partition coefficient (Wildman–Crippen LogP) is 1.87. The van der Waals surface area contributed by atoms with Crippen LogP contribution < -0.4 is 15.8 Å². The number of aromatic nitrogens is 3. The molecule has 1 amide bonds. The van der Waals surface area contributed by atoms with Crippen molar-refractivity contribution < 1.29 is 4.79 Å². The summed E-state index contributed by atoms with van der Waals surface area (Å²) >= 11 is 0. The van der Waals surface area contributed by atoms with Crippen molar-refractivity contribution in [1.82, 2.24) is 25.2 Å². The summed E-state index contributed by atoms with van der Waals surface area (Å²) in [4.78, 5) is 40.3. The minimum absolute atomic E-state index is 0.101. The molecule has 2 aromatic heterocycles. The van der Waals surface area contributed by atoms with E-state index in [0.717, 1.165) is 55.0 Å². The van der Waals surface area contributed by atoms with Gasteiger partial charge in [0, 0.05) is 39.8 Å². The fraction of sp³-hybridized carbons (Fsp3) is 0.391. The number of nitrogens with one attached hydrogen (secondary N) is 2. The topological polar surface area (TPSA) is 94.2 Å². The Hall–Kier alpha value is -3.26. The average molecular weight is 421 g/mol. The highest BCUT2D eigenvalue weighted by atomic mass is 16.1. The Morgan fingerprint density at radius 3 is 2.61 bits per heavy atom. The highest BCUT2D eigenvalue weighted by Crippen LogP contribution is 2.20.